The van der Waals surface area contributed by atoms with E-state index in [-0.39, 0.29) is 18.7 Å². The Hall–Kier alpha value is -1.06. The van der Waals surface area contributed by atoms with Crippen LogP contribution in [-0.2, 0) is 9.59 Å². The number of nitrogens with one attached hydrogen (secondary N) is 1. The van der Waals surface area contributed by atoms with E-state index in [2.05, 4.69) is 12.2 Å². The molecule has 0 saturated heterocycles. The molecule has 0 spiro atoms. The summed E-state index contributed by atoms with van der Waals surface area (Å²) < 4.78 is 0. The zero-order valence-corrected chi connectivity index (χ0v) is 9.87. The van der Waals surface area contributed by atoms with Crippen LogP contribution in [0.5, 0.6) is 0 Å². The maximum Gasteiger partial charge on any atom is 0.303 e. The van der Waals surface area contributed by atoms with Gasteiger partial charge in [-0.1, -0.05) is 19.8 Å². The highest BCUT2D eigenvalue weighted by molar-refractivity contribution is 5.80. The van der Waals surface area contributed by atoms with Gasteiger partial charge in [0.15, 0.2) is 0 Å². The fourth-order valence-electron chi connectivity index (χ4n) is 2.10. The number of hydrogen-bond acceptors (Lipinski definition) is 2. The van der Waals surface area contributed by atoms with Crippen LogP contribution >= 0.6 is 0 Å². The fourth-order valence-corrected chi connectivity index (χ4v) is 2.10. The van der Waals surface area contributed by atoms with Crippen molar-refractivity contribution in [2.24, 2.45) is 11.8 Å². The Morgan fingerprint density at radius 2 is 1.81 bits per heavy atom. The van der Waals surface area contributed by atoms with Crippen LogP contribution in [0.15, 0.2) is 0 Å². The molecule has 16 heavy (non-hydrogen) atoms. The van der Waals surface area contributed by atoms with E-state index in [4.69, 9.17) is 5.11 Å². The van der Waals surface area contributed by atoms with Crippen LogP contribution < -0.4 is 5.32 Å². The Balaban J connectivity index is 2.09. The maximum atomic E-state index is 11.3. The number of rotatable bonds is 5. The molecule has 92 valence electrons. The normalized spacial score (nSPS) is 25.1. The molecule has 0 unspecified atom stereocenters. The minimum atomic E-state index is -0.915. The Kier molecular flexibility index (Phi) is 5.29. The monoisotopic (exact) mass is 227 g/mol. The van der Waals surface area contributed by atoms with Gasteiger partial charge in [0.05, 0.1) is 6.42 Å². The van der Waals surface area contributed by atoms with Crippen LogP contribution in [0, 0.1) is 11.8 Å². The topological polar surface area (TPSA) is 66.4 Å². The van der Waals surface area contributed by atoms with E-state index in [0.29, 0.717) is 12.5 Å². The van der Waals surface area contributed by atoms with Crippen molar-refractivity contribution in [3.05, 3.63) is 0 Å². The summed E-state index contributed by atoms with van der Waals surface area (Å²) in [4.78, 5) is 21.5. The highest BCUT2D eigenvalue weighted by Crippen LogP contribution is 2.27. The minimum Gasteiger partial charge on any atom is -0.481 e. The molecule has 0 aromatic heterocycles. The summed E-state index contributed by atoms with van der Waals surface area (Å²) in [6.07, 6.45) is 4.87. The Morgan fingerprint density at radius 3 is 2.38 bits per heavy atom. The van der Waals surface area contributed by atoms with E-state index in [9.17, 15) is 9.59 Å². The van der Waals surface area contributed by atoms with Gasteiger partial charge in [-0.2, -0.15) is 0 Å². The van der Waals surface area contributed by atoms with Crippen molar-refractivity contribution in [1.82, 2.24) is 5.32 Å². The third-order valence-electron chi connectivity index (χ3n) is 3.29. The van der Waals surface area contributed by atoms with Gasteiger partial charge in [0.2, 0.25) is 5.91 Å². The van der Waals surface area contributed by atoms with Crippen LogP contribution in [-0.4, -0.2) is 23.5 Å². The number of carboxylic acid groups (broad SMARTS) is 1. The van der Waals surface area contributed by atoms with Crippen molar-refractivity contribution in [3.63, 3.8) is 0 Å². The number of carboxylic acids is 1. The zero-order valence-electron chi connectivity index (χ0n) is 9.87. The van der Waals surface area contributed by atoms with Crippen molar-refractivity contribution in [1.29, 1.82) is 0 Å². The predicted octanol–water partition coefficient (Wildman–Crippen LogP) is 1.79. The largest absolute Gasteiger partial charge is 0.481 e. The standard InChI is InChI=1S/C12H21NO3/c1-9-2-4-10(5-3-9)8-13-11(14)6-7-12(15)16/h9-10H,2-8H2,1H3,(H,13,14)(H,15,16). The number of hydrogen-bond donors (Lipinski definition) is 2. The van der Waals surface area contributed by atoms with Gasteiger partial charge in [-0.05, 0) is 24.7 Å². The molecule has 2 N–H and O–H groups in total. The lowest BCUT2D eigenvalue weighted by Crippen LogP contribution is -2.31. The second-order valence-corrected chi connectivity index (χ2v) is 4.82. The molecular weight excluding hydrogens is 206 g/mol. The van der Waals surface area contributed by atoms with Crippen LogP contribution in [0.3, 0.4) is 0 Å². The number of amides is 1. The first-order chi connectivity index (χ1) is 7.58. The number of aliphatic carboxylic acids is 1. The Morgan fingerprint density at radius 1 is 1.19 bits per heavy atom. The molecular formula is C12H21NO3. The first-order valence-electron chi connectivity index (χ1n) is 6.06. The van der Waals surface area contributed by atoms with Gasteiger partial charge in [0, 0.05) is 13.0 Å². The molecule has 0 aliphatic heterocycles. The van der Waals surface area contributed by atoms with Gasteiger partial charge in [-0.15, -0.1) is 0 Å². The molecule has 0 aromatic carbocycles. The quantitative estimate of drug-likeness (QED) is 0.752. The van der Waals surface area contributed by atoms with Crippen molar-refractivity contribution in [2.75, 3.05) is 6.54 Å². The van der Waals surface area contributed by atoms with Gasteiger partial charge >= 0.3 is 5.97 Å². The van der Waals surface area contributed by atoms with Crippen LogP contribution in [0.1, 0.15) is 45.4 Å². The Bertz CT molecular complexity index is 245. The van der Waals surface area contributed by atoms with Crippen LogP contribution in [0.2, 0.25) is 0 Å². The molecule has 1 rings (SSSR count). The zero-order chi connectivity index (χ0) is 12.0. The van der Waals surface area contributed by atoms with E-state index in [1.54, 1.807) is 0 Å². The molecule has 1 aliphatic carbocycles. The van der Waals surface area contributed by atoms with E-state index in [1.807, 2.05) is 0 Å². The lowest BCUT2D eigenvalue weighted by molar-refractivity contribution is -0.138. The summed E-state index contributed by atoms with van der Waals surface area (Å²) in [5, 5.41) is 11.2. The molecule has 0 atom stereocenters. The molecule has 0 radical (unpaired) electrons. The maximum absolute atomic E-state index is 11.3. The smallest absolute Gasteiger partial charge is 0.303 e. The fraction of sp³-hybridized carbons (Fsp3) is 0.833. The third-order valence-corrected chi connectivity index (χ3v) is 3.29. The summed E-state index contributed by atoms with van der Waals surface area (Å²) in [7, 11) is 0. The SMILES string of the molecule is CC1CCC(CNC(=O)CCC(=O)O)CC1. The van der Waals surface area contributed by atoms with Crippen molar-refractivity contribution in [3.8, 4) is 0 Å². The molecule has 0 bridgehead atoms. The van der Waals surface area contributed by atoms with E-state index in [0.717, 1.165) is 5.92 Å². The molecule has 0 heterocycles. The number of carbonyl (C=O) groups is 2. The number of carbonyl (C=O) groups excluding carboxylic acids is 1. The van der Waals surface area contributed by atoms with E-state index in [1.165, 1.54) is 25.7 Å². The lowest BCUT2D eigenvalue weighted by atomic mass is 9.83. The van der Waals surface area contributed by atoms with Gasteiger partial charge in [0.1, 0.15) is 0 Å². The van der Waals surface area contributed by atoms with E-state index < -0.39 is 5.97 Å². The van der Waals surface area contributed by atoms with Crippen molar-refractivity contribution in [2.45, 2.75) is 45.4 Å². The lowest BCUT2D eigenvalue weighted by Gasteiger charge is -2.26. The van der Waals surface area contributed by atoms with Gasteiger partial charge < -0.3 is 10.4 Å². The minimum absolute atomic E-state index is 0.0759. The summed E-state index contributed by atoms with van der Waals surface area (Å²) in [6, 6.07) is 0. The second kappa shape index (κ2) is 6.51. The predicted molar refractivity (Wildman–Crippen MR) is 61.0 cm³/mol. The molecule has 1 fully saturated rings. The van der Waals surface area contributed by atoms with Gasteiger partial charge in [-0.3, -0.25) is 9.59 Å². The Labute approximate surface area is 96.4 Å². The summed E-state index contributed by atoms with van der Waals surface area (Å²) >= 11 is 0. The van der Waals surface area contributed by atoms with Gasteiger partial charge in [0.25, 0.3) is 0 Å². The molecule has 4 nitrogen and oxygen atoms in total. The van der Waals surface area contributed by atoms with Gasteiger partial charge in [-0.25, -0.2) is 0 Å². The van der Waals surface area contributed by atoms with Crippen LogP contribution in [0.25, 0.3) is 0 Å². The summed E-state index contributed by atoms with van der Waals surface area (Å²) in [5.74, 6) is 0.353. The molecule has 1 aliphatic rings. The summed E-state index contributed by atoms with van der Waals surface area (Å²) in [6.45, 7) is 2.98. The highest BCUT2D eigenvalue weighted by atomic mass is 16.4. The second-order valence-electron chi connectivity index (χ2n) is 4.82. The highest BCUT2D eigenvalue weighted by Gasteiger charge is 2.18. The molecule has 0 aromatic rings. The van der Waals surface area contributed by atoms with Crippen LogP contribution in [0.4, 0.5) is 0 Å². The van der Waals surface area contributed by atoms with Crippen molar-refractivity contribution < 1.29 is 14.7 Å². The van der Waals surface area contributed by atoms with Crippen molar-refractivity contribution >= 4 is 11.9 Å². The molecule has 1 amide bonds. The molecule has 4 heteroatoms. The average Bonchev–Trinajstić information content (AvgIpc) is 2.25. The van der Waals surface area contributed by atoms with E-state index >= 15 is 0 Å². The first-order valence-corrected chi connectivity index (χ1v) is 6.06. The third kappa shape index (κ3) is 5.14. The summed E-state index contributed by atoms with van der Waals surface area (Å²) in [5.41, 5.74) is 0. The molecule has 1 saturated carbocycles. The first kappa shape index (κ1) is 13.0. The average molecular weight is 227 g/mol.